The highest BCUT2D eigenvalue weighted by atomic mass is 32.1. The molecule has 9 heteroatoms. The van der Waals surface area contributed by atoms with Crippen LogP contribution in [0.5, 0.6) is 0 Å². The molecule has 0 amide bonds. The first-order chi connectivity index (χ1) is 17.7. The van der Waals surface area contributed by atoms with Gasteiger partial charge in [0.05, 0.1) is 41.4 Å². The third-order valence-corrected chi connectivity index (χ3v) is 9.73. The Morgan fingerprint density at radius 2 is 1.95 bits per heavy atom. The van der Waals surface area contributed by atoms with Crippen LogP contribution in [0, 0.1) is 24.2 Å². The van der Waals surface area contributed by atoms with Gasteiger partial charge in [0, 0.05) is 35.8 Å². The maximum Gasteiger partial charge on any atom is 0.309 e. The fourth-order valence-electron chi connectivity index (χ4n) is 6.06. The molecule has 3 N–H and O–H groups in total. The summed E-state index contributed by atoms with van der Waals surface area (Å²) < 4.78 is 5.98. The van der Waals surface area contributed by atoms with Crippen molar-refractivity contribution in [1.82, 2.24) is 9.88 Å². The van der Waals surface area contributed by atoms with E-state index in [4.69, 9.17) is 4.74 Å². The van der Waals surface area contributed by atoms with Gasteiger partial charge in [0.15, 0.2) is 0 Å². The Labute approximate surface area is 231 Å². The molecule has 8 atom stereocenters. The number of nitrogens with zero attached hydrogens (tertiary/aromatic N) is 2. The summed E-state index contributed by atoms with van der Waals surface area (Å²) in [5.41, 5.74) is 0.294. The number of hydrogen-bond donors (Lipinski definition) is 3. The van der Waals surface area contributed by atoms with E-state index in [1.54, 1.807) is 32.1 Å². The summed E-state index contributed by atoms with van der Waals surface area (Å²) in [6.07, 6.45) is 2.05. The number of hydrogen-bond acceptors (Lipinski definition) is 9. The molecule has 0 saturated carbocycles. The summed E-state index contributed by atoms with van der Waals surface area (Å²) in [6.45, 7) is 13.5. The van der Waals surface area contributed by atoms with Crippen molar-refractivity contribution in [2.24, 2.45) is 17.3 Å². The number of fused-ring (bicyclic) bond motifs is 1. The second-order valence-electron chi connectivity index (χ2n) is 12.1. The molecule has 0 bridgehead atoms. The number of carbonyl (C=O) groups is 2. The van der Waals surface area contributed by atoms with Gasteiger partial charge in [0.25, 0.3) is 0 Å². The summed E-state index contributed by atoms with van der Waals surface area (Å²) in [4.78, 5) is 33.2. The molecule has 0 spiro atoms. The minimum atomic E-state index is -1.25. The smallest absolute Gasteiger partial charge is 0.309 e. The van der Waals surface area contributed by atoms with E-state index in [1.165, 1.54) is 0 Å². The summed E-state index contributed by atoms with van der Waals surface area (Å²) >= 11 is 1.55. The maximum absolute atomic E-state index is 13.3. The first kappa shape index (κ1) is 30.9. The number of β-amino-alcohol motifs (C(OH)–C–C–N with tert-alkyl or cyclic N) is 1. The van der Waals surface area contributed by atoms with E-state index in [0.717, 1.165) is 35.5 Å². The number of rotatable bonds is 4. The SMILES string of the molecule is C/C(=C\c1csc(C)n1)[C@@H]1C[C@@H]2N(CCO)[C@]2(C)CCC[C@H](C)[C@H](O)[C@@H](C)C(=O)C(C)(C)[C@@H](O)CC(=O)O1. The molecule has 38 heavy (non-hydrogen) atoms. The van der Waals surface area contributed by atoms with Crippen LogP contribution in [0.4, 0.5) is 0 Å². The zero-order valence-electron chi connectivity index (χ0n) is 23.9. The van der Waals surface area contributed by atoms with E-state index < -0.39 is 35.6 Å². The highest BCUT2D eigenvalue weighted by molar-refractivity contribution is 7.09. The van der Waals surface area contributed by atoms with Crippen LogP contribution < -0.4 is 0 Å². The van der Waals surface area contributed by atoms with E-state index in [2.05, 4.69) is 16.8 Å². The van der Waals surface area contributed by atoms with Crippen LogP contribution in [0.25, 0.3) is 6.08 Å². The standard InChI is InChI=1S/C29H46N2O6S/c1-17-9-8-10-29(7)23(31(29)11-12-32)14-22(18(2)13-21-16-38-20(4)30-21)37-25(34)15-24(33)28(5,6)27(36)19(3)26(17)35/h13,16-17,19,22-24,26,32-33,35H,8-12,14-15H2,1-7H3/b18-13+/t17-,19+,22-,23-,24-,26-,29+,31?/m0/s1. The Bertz CT molecular complexity index is 1020. The monoisotopic (exact) mass is 550 g/mol. The molecule has 0 aliphatic carbocycles. The third-order valence-electron chi connectivity index (χ3n) is 8.93. The quantitative estimate of drug-likeness (QED) is 0.383. The summed E-state index contributed by atoms with van der Waals surface area (Å²) in [5, 5.41) is 34.5. The molecule has 1 unspecified atom stereocenters. The molecule has 2 aliphatic heterocycles. The summed E-state index contributed by atoms with van der Waals surface area (Å²) in [5.74, 6) is -1.60. The zero-order valence-corrected chi connectivity index (χ0v) is 24.8. The van der Waals surface area contributed by atoms with Gasteiger partial charge >= 0.3 is 5.97 Å². The number of aryl methyl sites for hydroxylation is 1. The lowest BCUT2D eigenvalue weighted by Crippen LogP contribution is -2.45. The van der Waals surface area contributed by atoms with Gasteiger partial charge in [-0.2, -0.15) is 0 Å². The average molecular weight is 551 g/mol. The van der Waals surface area contributed by atoms with Crippen LogP contribution in [0.3, 0.4) is 0 Å². The molecule has 2 fully saturated rings. The molecule has 2 aliphatic rings. The molecule has 0 radical (unpaired) electrons. The van der Waals surface area contributed by atoms with Crippen LogP contribution in [-0.2, 0) is 14.3 Å². The van der Waals surface area contributed by atoms with E-state index >= 15 is 0 Å². The zero-order chi connectivity index (χ0) is 28.4. The third kappa shape index (κ3) is 6.73. The van der Waals surface area contributed by atoms with Crippen LogP contribution in [0.1, 0.15) is 84.3 Å². The second kappa shape index (κ2) is 12.3. The minimum absolute atomic E-state index is 0.0412. The van der Waals surface area contributed by atoms with Crippen molar-refractivity contribution in [2.75, 3.05) is 13.2 Å². The molecule has 0 aromatic carbocycles. The van der Waals surface area contributed by atoms with Gasteiger partial charge in [0.1, 0.15) is 11.9 Å². The fourth-order valence-corrected chi connectivity index (χ4v) is 6.63. The molecule has 2 saturated heterocycles. The van der Waals surface area contributed by atoms with Crippen LogP contribution in [0.2, 0.25) is 0 Å². The first-order valence-electron chi connectivity index (χ1n) is 13.8. The van der Waals surface area contributed by atoms with Crippen molar-refractivity contribution in [1.29, 1.82) is 0 Å². The van der Waals surface area contributed by atoms with Gasteiger partial charge in [0.2, 0.25) is 0 Å². The van der Waals surface area contributed by atoms with Gasteiger partial charge < -0.3 is 20.1 Å². The Hall–Kier alpha value is -1.65. The van der Waals surface area contributed by atoms with Crippen molar-refractivity contribution >= 4 is 29.2 Å². The number of thiazole rings is 1. The van der Waals surface area contributed by atoms with Gasteiger partial charge in [-0.3, -0.25) is 14.5 Å². The van der Waals surface area contributed by atoms with Gasteiger partial charge in [-0.05, 0) is 51.2 Å². The maximum atomic E-state index is 13.3. The molecule has 1 aromatic heterocycles. The topological polar surface area (TPSA) is 120 Å². The summed E-state index contributed by atoms with van der Waals surface area (Å²) in [6, 6.07) is 0.114. The second-order valence-corrected chi connectivity index (χ2v) is 13.2. The Kier molecular flexibility index (Phi) is 9.96. The lowest BCUT2D eigenvalue weighted by Gasteiger charge is -2.34. The number of ether oxygens (including phenoxy) is 1. The molecule has 214 valence electrons. The van der Waals surface area contributed by atoms with Gasteiger partial charge in [-0.25, -0.2) is 4.98 Å². The van der Waals surface area contributed by atoms with Crippen molar-refractivity contribution in [3.8, 4) is 0 Å². The Morgan fingerprint density at radius 1 is 1.26 bits per heavy atom. The van der Waals surface area contributed by atoms with Gasteiger partial charge in [-0.1, -0.05) is 34.1 Å². The van der Waals surface area contributed by atoms with E-state index in [-0.39, 0.29) is 36.3 Å². The highest BCUT2D eigenvalue weighted by Crippen LogP contribution is 2.48. The molecule has 8 nitrogen and oxygen atoms in total. The van der Waals surface area contributed by atoms with Crippen molar-refractivity contribution < 1.29 is 29.6 Å². The fraction of sp³-hybridized carbons (Fsp3) is 0.759. The molecule has 3 heterocycles. The number of aliphatic hydroxyl groups is 3. The summed E-state index contributed by atoms with van der Waals surface area (Å²) in [7, 11) is 0. The molecular weight excluding hydrogens is 504 g/mol. The van der Waals surface area contributed by atoms with Crippen LogP contribution in [-0.4, -0.2) is 80.0 Å². The minimum Gasteiger partial charge on any atom is -0.458 e. The first-order valence-corrected chi connectivity index (χ1v) is 14.7. The Morgan fingerprint density at radius 3 is 2.55 bits per heavy atom. The average Bonchev–Trinajstić information content (AvgIpc) is 3.15. The number of carbonyl (C=O) groups excluding carboxylic acids is 2. The predicted molar refractivity (Wildman–Crippen MR) is 149 cm³/mol. The lowest BCUT2D eigenvalue weighted by atomic mass is 9.73. The van der Waals surface area contributed by atoms with Gasteiger partial charge in [-0.15, -0.1) is 11.3 Å². The normalized spacial score (nSPS) is 37.4. The van der Waals surface area contributed by atoms with Crippen molar-refractivity contribution in [2.45, 2.75) is 110 Å². The Balaban J connectivity index is 1.93. The van der Waals surface area contributed by atoms with Crippen LogP contribution in [0.15, 0.2) is 11.0 Å². The predicted octanol–water partition coefficient (Wildman–Crippen LogP) is 3.76. The van der Waals surface area contributed by atoms with Crippen molar-refractivity contribution in [3.63, 3.8) is 0 Å². The number of esters is 1. The largest absolute Gasteiger partial charge is 0.458 e. The van der Waals surface area contributed by atoms with E-state index in [9.17, 15) is 24.9 Å². The van der Waals surface area contributed by atoms with Crippen LogP contribution >= 0.6 is 11.3 Å². The van der Waals surface area contributed by atoms with Crippen molar-refractivity contribution in [3.05, 3.63) is 21.7 Å². The van der Waals surface area contributed by atoms with E-state index in [1.807, 2.05) is 32.2 Å². The lowest BCUT2D eigenvalue weighted by molar-refractivity contribution is -0.154. The van der Waals surface area contributed by atoms with E-state index in [0.29, 0.717) is 13.0 Å². The highest BCUT2D eigenvalue weighted by Gasteiger charge is 2.58. The number of ketones is 1. The molecule has 1 aromatic rings. The molecule has 3 rings (SSSR count). The number of aromatic nitrogens is 1. The molecular formula is C29H46N2O6S. The number of aliphatic hydroxyl groups excluding tert-OH is 3. The number of cyclic esters (lactones) is 1. The number of Topliss-reactive ketones (excluding diaryl/α,β-unsaturated/α-hetero) is 1.